The molecule has 0 radical (unpaired) electrons. The first kappa shape index (κ1) is 20.9. The van der Waals surface area contributed by atoms with E-state index < -0.39 is 0 Å². The second-order valence-electron chi connectivity index (χ2n) is 8.22. The number of anilines is 1. The Bertz CT molecular complexity index is 1310. The Kier molecular flexibility index (Phi) is 5.42. The van der Waals surface area contributed by atoms with Gasteiger partial charge in [-0.15, -0.1) is 0 Å². The summed E-state index contributed by atoms with van der Waals surface area (Å²) in [6.07, 6.45) is 4.32. The van der Waals surface area contributed by atoms with Crippen LogP contribution in [0.5, 0.6) is 17.2 Å². The Labute approximate surface area is 190 Å². The molecule has 0 saturated carbocycles. The first-order valence-corrected chi connectivity index (χ1v) is 10.8. The summed E-state index contributed by atoms with van der Waals surface area (Å²) >= 11 is 0. The van der Waals surface area contributed by atoms with Gasteiger partial charge in [0.05, 0.1) is 24.0 Å². The highest BCUT2D eigenvalue weighted by molar-refractivity contribution is 5.93. The summed E-state index contributed by atoms with van der Waals surface area (Å²) in [7, 11) is 0. The third-order valence-electron chi connectivity index (χ3n) is 5.80. The van der Waals surface area contributed by atoms with Crippen LogP contribution in [0.4, 0.5) is 10.2 Å². The van der Waals surface area contributed by atoms with E-state index in [1.165, 1.54) is 11.6 Å². The molecule has 33 heavy (non-hydrogen) atoms. The number of aryl methyl sites for hydroxylation is 1. The number of carbonyl (C=O) groups is 1. The summed E-state index contributed by atoms with van der Waals surface area (Å²) in [6, 6.07) is 10.9. The first-order valence-electron chi connectivity index (χ1n) is 10.8. The topological polar surface area (TPSA) is 89.1 Å². The van der Waals surface area contributed by atoms with E-state index in [-0.39, 0.29) is 11.7 Å². The Morgan fingerprint density at radius 2 is 2.03 bits per heavy atom. The highest BCUT2D eigenvalue weighted by Crippen LogP contribution is 2.38. The van der Waals surface area contributed by atoms with Gasteiger partial charge in [-0.25, -0.2) is 14.4 Å². The highest BCUT2D eigenvalue weighted by atomic mass is 19.1. The van der Waals surface area contributed by atoms with E-state index in [1.807, 2.05) is 24.3 Å². The maximum atomic E-state index is 12.9. The summed E-state index contributed by atoms with van der Waals surface area (Å²) in [6.45, 7) is 4.59. The number of H-pyrrole nitrogens is 1. The number of fused-ring (bicyclic) bond motifs is 3. The van der Waals surface area contributed by atoms with Gasteiger partial charge >= 0.3 is 0 Å². The highest BCUT2D eigenvalue weighted by Gasteiger charge is 2.22. The zero-order valence-corrected chi connectivity index (χ0v) is 18.3. The average Bonchev–Trinajstić information content (AvgIpc) is 3.40. The molecule has 6 rings (SSSR count). The van der Waals surface area contributed by atoms with Gasteiger partial charge in [0.25, 0.3) is 0 Å². The molecule has 2 aromatic carbocycles. The van der Waals surface area contributed by atoms with Crippen LogP contribution in [-0.2, 0) is 11.2 Å². The van der Waals surface area contributed by atoms with Crippen LogP contribution in [0.3, 0.4) is 0 Å². The molecule has 8 heteroatoms. The number of amides is 1. The predicted molar refractivity (Wildman–Crippen MR) is 122 cm³/mol. The fourth-order valence-corrected chi connectivity index (χ4v) is 3.96. The molecular weight excluding hydrogens is 423 g/mol. The van der Waals surface area contributed by atoms with Crippen molar-refractivity contribution in [3.8, 4) is 17.2 Å². The van der Waals surface area contributed by atoms with Gasteiger partial charge in [-0.3, -0.25) is 4.79 Å². The van der Waals surface area contributed by atoms with Gasteiger partial charge in [-0.2, -0.15) is 0 Å². The number of benzene rings is 2. The number of hydrogen-bond acceptors (Lipinski definition) is 5. The van der Waals surface area contributed by atoms with E-state index in [2.05, 4.69) is 27.2 Å². The van der Waals surface area contributed by atoms with Crippen LogP contribution < -0.4 is 14.8 Å². The number of hydrogen-bond donors (Lipinski definition) is 2. The second kappa shape index (κ2) is 8.54. The maximum absolute atomic E-state index is 12.9. The molecule has 0 saturated heterocycles. The molecule has 1 amide bonds. The van der Waals surface area contributed by atoms with E-state index in [4.69, 9.17) is 9.47 Å². The largest absolute Gasteiger partial charge is 0.493 e. The summed E-state index contributed by atoms with van der Waals surface area (Å²) in [5.41, 5.74) is 4.32. The van der Waals surface area contributed by atoms with Crippen molar-refractivity contribution in [2.75, 3.05) is 11.9 Å². The molecule has 4 heterocycles. The van der Waals surface area contributed by atoms with Crippen molar-refractivity contribution >= 4 is 22.8 Å². The maximum Gasteiger partial charge on any atom is 0.225 e. The van der Waals surface area contributed by atoms with E-state index in [0.717, 1.165) is 34.9 Å². The molecule has 0 fully saturated rings. The summed E-state index contributed by atoms with van der Waals surface area (Å²) in [4.78, 5) is 22.5. The van der Waals surface area contributed by atoms with Crippen molar-refractivity contribution in [3.63, 3.8) is 0 Å². The van der Waals surface area contributed by atoms with Gasteiger partial charge in [0.1, 0.15) is 28.9 Å². The molecule has 7 nitrogen and oxygen atoms in total. The summed E-state index contributed by atoms with van der Waals surface area (Å²) < 4.78 is 24.5. The van der Waals surface area contributed by atoms with E-state index in [9.17, 15) is 9.18 Å². The predicted octanol–water partition coefficient (Wildman–Crippen LogP) is 5.26. The lowest BCUT2D eigenvalue weighted by molar-refractivity contribution is -0.116. The second-order valence-corrected chi connectivity index (χ2v) is 8.22. The normalized spacial score (nSPS) is 16.2. The van der Waals surface area contributed by atoms with Crippen LogP contribution in [0.25, 0.3) is 11.0 Å². The number of imidazole rings is 1. The molecule has 2 aliphatic heterocycles. The number of rotatable bonds is 2. The first-order chi connectivity index (χ1) is 16.0. The lowest BCUT2D eigenvalue weighted by Crippen LogP contribution is -2.20. The van der Waals surface area contributed by atoms with Crippen molar-refractivity contribution in [1.29, 1.82) is 0 Å². The SMILES string of the molecule is CC1COc2ccc(Oc3ccnc4c3CCC(=O)N4)cc21.Cc1cc2[nH]cnc2cc1F. The number of pyridine rings is 1. The third kappa shape index (κ3) is 4.24. The Morgan fingerprint density at radius 3 is 2.91 bits per heavy atom. The van der Waals surface area contributed by atoms with Crippen LogP contribution in [0.15, 0.2) is 48.9 Å². The minimum atomic E-state index is -0.204. The standard InChI is InChI=1S/C17H16N2O3.C8H7FN2/c1-10-9-21-14-4-2-11(8-13(10)14)22-15-6-7-18-17-12(15)3-5-16(20)19-17;1-5-2-7-8(3-6(5)9)11-4-10-7/h2,4,6-8,10H,3,5,9H2,1H3,(H,18,19,20);2-4H,1H3,(H,10,11). The molecule has 1 unspecified atom stereocenters. The molecular formula is C25H23FN4O3. The van der Waals surface area contributed by atoms with Crippen LogP contribution in [0.1, 0.15) is 36.0 Å². The van der Waals surface area contributed by atoms with Gasteiger partial charge in [-0.05, 0) is 49.2 Å². The van der Waals surface area contributed by atoms with Gasteiger partial charge in [-0.1, -0.05) is 6.92 Å². The fourth-order valence-electron chi connectivity index (χ4n) is 3.96. The molecule has 0 spiro atoms. The zero-order valence-electron chi connectivity index (χ0n) is 18.3. The minimum Gasteiger partial charge on any atom is -0.493 e. The van der Waals surface area contributed by atoms with Crippen LogP contribution in [0, 0.1) is 12.7 Å². The van der Waals surface area contributed by atoms with Gasteiger partial charge in [0.15, 0.2) is 0 Å². The molecule has 1 atom stereocenters. The van der Waals surface area contributed by atoms with Crippen LogP contribution in [0.2, 0.25) is 0 Å². The number of nitrogens with zero attached hydrogens (tertiary/aromatic N) is 2. The lowest BCUT2D eigenvalue weighted by Gasteiger charge is -2.19. The molecule has 0 aliphatic carbocycles. The van der Waals surface area contributed by atoms with Gasteiger partial charge in [0, 0.05) is 35.7 Å². The average molecular weight is 446 g/mol. The van der Waals surface area contributed by atoms with Crippen molar-refractivity contribution in [1.82, 2.24) is 15.0 Å². The number of ether oxygens (including phenoxy) is 2. The minimum absolute atomic E-state index is 0.000606. The van der Waals surface area contributed by atoms with Crippen molar-refractivity contribution < 1.29 is 18.7 Å². The van der Waals surface area contributed by atoms with E-state index in [0.29, 0.717) is 35.7 Å². The monoisotopic (exact) mass is 446 g/mol. The van der Waals surface area contributed by atoms with Crippen molar-refractivity contribution in [2.24, 2.45) is 0 Å². The lowest BCUT2D eigenvalue weighted by atomic mass is 10.0. The van der Waals surface area contributed by atoms with Gasteiger partial charge < -0.3 is 19.8 Å². The molecule has 168 valence electrons. The number of aromatic amines is 1. The molecule has 4 aromatic rings. The quantitative estimate of drug-likeness (QED) is 0.438. The van der Waals surface area contributed by atoms with Gasteiger partial charge in [0.2, 0.25) is 5.91 Å². The van der Waals surface area contributed by atoms with Crippen LogP contribution >= 0.6 is 0 Å². The van der Waals surface area contributed by atoms with Crippen molar-refractivity contribution in [2.45, 2.75) is 32.6 Å². The number of halogens is 1. The van der Waals surface area contributed by atoms with Crippen LogP contribution in [-0.4, -0.2) is 27.5 Å². The number of carbonyl (C=O) groups excluding carboxylic acids is 1. The Balaban J connectivity index is 0.000000174. The number of aromatic nitrogens is 3. The van der Waals surface area contributed by atoms with E-state index in [1.54, 1.807) is 25.5 Å². The summed E-state index contributed by atoms with van der Waals surface area (Å²) in [5, 5.41) is 2.78. The number of nitrogens with one attached hydrogen (secondary N) is 2. The molecule has 2 aromatic heterocycles. The third-order valence-corrected chi connectivity index (χ3v) is 5.80. The molecule has 2 aliphatic rings. The zero-order chi connectivity index (χ0) is 22.9. The molecule has 0 bridgehead atoms. The smallest absolute Gasteiger partial charge is 0.225 e. The Morgan fingerprint density at radius 1 is 1.15 bits per heavy atom. The fraction of sp³-hybridized carbons (Fsp3) is 0.240. The van der Waals surface area contributed by atoms with Crippen molar-refractivity contribution in [3.05, 3.63) is 71.4 Å². The summed E-state index contributed by atoms with van der Waals surface area (Å²) in [5.74, 6) is 3.24. The Hall–Kier alpha value is -3.94. The van der Waals surface area contributed by atoms with E-state index >= 15 is 0 Å². The molecule has 2 N–H and O–H groups in total.